The van der Waals surface area contributed by atoms with Crippen molar-refractivity contribution in [1.29, 1.82) is 0 Å². The third-order valence-corrected chi connectivity index (χ3v) is 2.73. The molecule has 0 fully saturated rings. The van der Waals surface area contributed by atoms with E-state index in [-0.39, 0.29) is 12.5 Å². The lowest BCUT2D eigenvalue weighted by Crippen LogP contribution is -2.04. The number of nitrogens with zero attached hydrogens (tertiary/aromatic N) is 4. The van der Waals surface area contributed by atoms with Crippen molar-refractivity contribution < 1.29 is 13.9 Å². The number of hydrogen-bond acceptors (Lipinski definition) is 6. The summed E-state index contributed by atoms with van der Waals surface area (Å²) in [5.74, 6) is 0.197. The molecule has 2 heterocycles. The first-order valence-electron chi connectivity index (χ1n) is 6.28. The second-order valence-corrected chi connectivity index (χ2v) is 4.30. The fraction of sp³-hybridized carbons (Fsp3) is 0.143. The molecule has 0 bridgehead atoms. The van der Waals surface area contributed by atoms with Crippen molar-refractivity contribution in [3.8, 4) is 5.69 Å². The van der Waals surface area contributed by atoms with Gasteiger partial charge in [-0.15, -0.1) is 10.2 Å². The minimum atomic E-state index is -0.493. The van der Waals surface area contributed by atoms with Crippen molar-refractivity contribution in [3.05, 3.63) is 60.1 Å². The van der Waals surface area contributed by atoms with E-state index in [1.165, 1.54) is 6.20 Å². The molecule has 0 unspecified atom stereocenters. The zero-order valence-corrected chi connectivity index (χ0v) is 11.3. The summed E-state index contributed by atoms with van der Waals surface area (Å²) in [5.41, 5.74) is 1.22. The van der Waals surface area contributed by atoms with E-state index >= 15 is 0 Å². The number of carbonyl (C=O) groups is 1. The van der Waals surface area contributed by atoms with Crippen LogP contribution in [0.3, 0.4) is 0 Å². The summed E-state index contributed by atoms with van der Waals surface area (Å²) in [5, 5.41) is 11.5. The molecule has 3 aromatic rings. The summed E-state index contributed by atoms with van der Waals surface area (Å²) in [7, 11) is 0. The van der Waals surface area contributed by atoms with Crippen LogP contribution in [0.5, 0.6) is 0 Å². The van der Waals surface area contributed by atoms with Crippen molar-refractivity contribution >= 4 is 5.97 Å². The van der Waals surface area contributed by atoms with Crippen LogP contribution in [0.2, 0.25) is 0 Å². The highest BCUT2D eigenvalue weighted by Gasteiger charge is 2.13. The number of ether oxygens (including phenoxy) is 1. The topological polar surface area (TPSA) is 83.0 Å². The van der Waals surface area contributed by atoms with Crippen LogP contribution in [-0.4, -0.2) is 25.9 Å². The van der Waals surface area contributed by atoms with Gasteiger partial charge in [-0.2, -0.15) is 5.10 Å². The second-order valence-electron chi connectivity index (χ2n) is 4.30. The molecule has 21 heavy (non-hydrogen) atoms. The van der Waals surface area contributed by atoms with E-state index in [1.807, 2.05) is 30.3 Å². The molecule has 3 rings (SSSR count). The predicted molar refractivity (Wildman–Crippen MR) is 71.7 cm³/mol. The number of aromatic nitrogens is 4. The van der Waals surface area contributed by atoms with Crippen LogP contribution < -0.4 is 0 Å². The fourth-order valence-corrected chi connectivity index (χ4v) is 1.76. The number of esters is 1. The Morgan fingerprint density at radius 3 is 2.81 bits per heavy atom. The minimum absolute atomic E-state index is 0.0593. The molecule has 106 valence electrons. The molecule has 0 aliphatic carbocycles. The largest absolute Gasteiger partial charge is 0.452 e. The summed E-state index contributed by atoms with van der Waals surface area (Å²) in [6.45, 7) is 1.61. The monoisotopic (exact) mass is 284 g/mol. The Kier molecular flexibility index (Phi) is 3.46. The van der Waals surface area contributed by atoms with E-state index in [9.17, 15) is 4.79 Å². The van der Waals surface area contributed by atoms with Crippen molar-refractivity contribution in [1.82, 2.24) is 20.0 Å². The normalized spacial score (nSPS) is 10.5. The fourth-order valence-electron chi connectivity index (χ4n) is 1.76. The Morgan fingerprint density at radius 1 is 1.29 bits per heavy atom. The molecule has 0 saturated heterocycles. The van der Waals surface area contributed by atoms with E-state index in [4.69, 9.17) is 9.15 Å². The van der Waals surface area contributed by atoms with Gasteiger partial charge in [-0.05, 0) is 12.1 Å². The lowest BCUT2D eigenvalue weighted by Gasteiger charge is -2.00. The van der Waals surface area contributed by atoms with Crippen LogP contribution >= 0.6 is 0 Å². The third kappa shape index (κ3) is 2.97. The number of rotatable bonds is 4. The maximum Gasteiger partial charge on any atom is 0.341 e. The van der Waals surface area contributed by atoms with Gasteiger partial charge < -0.3 is 9.15 Å². The second kappa shape index (κ2) is 5.58. The minimum Gasteiger partial charge on any atom is -0.452 e. The molecular formula is C14H12N4O3. The van der Waals surface area contributed by atoms with Crippen molar-refractivity contribution in [2.45, 2.75) is 13.5 Å². The molecule has 1 aromatic carbocycles. The van der Waals surface area contributed by atoms with Crippen LogP contribution in [-0.2, 0) is 11.3 Å². The number of para-hydroxylation sites is 1. The van der Waals surface area contributed by atoms with Gasteiger partial charge >= 0.3 is 5.97 Å². The average molecular weight is 284 g/mol. The van der Waals surface area contributed by atoms with E-state index < -0.39 is 5.97 Å². The van der Waals surface area contributed by atoms with Gasteiger partial charge in [0.1, 0.15) is 0 Å². The van der Waals surface area contributed by atoms with Crippen LogP contribution in [0.15, 0.2) is 47.1 Å². The standard InChI is InChI=1S/C14H12N4O3/c1-10-16-17-13(21-10)9-20-14(19)11-7-15-18(8-11)12-5-3-2-4-6-12/h2-8H,9H2,1H3. The zero-order chi connectivity index (χ0) is 14.7. The van der Waals surface area contributed by atoms with Gasteiger partial charge in [-0.1, -0.05) is 18.2 Å². The molecule has 0 saturated carbocycles. The first kappa shape index (κ1) is 13.0. The Morgan fingerprint density at radius 2 is 2.10 bits per heavy atom. The lowest BCUT2D eigenvalue weighted by atomic mass is 10.3. The molecule has 0 N–H and O–H groups in total. The number of hydrogen-bond donors (Lipinski definition) is 0. The Balaban J connectivity index is 1.67. The molecule has 0 aliphatic heterocycles. The molecule has 2 aromatic heterocycles. The molecule has 7 nitrogen and oxygen atoms in total. The predicted octanol–water partition coefficient (Wildman–Crippen LogP) is 1.92. The van der Waals surface area contributed by atoms with Crippen LogP contribution in [0, 0.1) is 6.92 Å². The zero-order valence-electron chi connectivity index (χ0n) is 11.3. The average Bonchev–Trinajstić information content (AvgIpc) is 3.15. The first-order valence-corrected chi connectivity index (χ1v) is 6.28. The summed E-state index contributed by atoms with van der Waals surface area (Å²) < 4.78 is 11.8. The summed E-state index contributed by atoms with van der Waals surface area (Å²) >= 11 is 0. The molecule has 0 amide bonds. The van der Waals surface area contributed by atoms with Crippen LogP contribution in [0.1, 0.15) is 22.1 Å². The smallest absolute Gasteiger partial charge is 0.341 e. The van der Waals surface area contributed by atoms with E-state index in [0.717, 1.165) is 5.69 Å². The number of carbonyl (C=O) groups excluding carboxylic acids is 1. The summed E-state index contributed by atoms with van der Waals surface area (Å²) in [6.07, 6.45) is 3.06. The molecule has 0 radical (unpaired) electrons. The van der Waals surface area contributed by atoms with E-state index in [2.05, 4.69) is 15.3 Å². The maximum absolute atomic E-state index is 11.9. The van der Waals surface area contributed by atoms with Crippen LogP contribution in [0.4, 0.5) is 0 Å². The Bertz CT molecular complexity index is 748. The Labute approximate surface area is 120 Å². The molecule has 0 atom stereocenters. The van der Waals surface area contributed by atoms with Gasteiger partial charge in [0.25, 0.3) is 5.89 Å². The highest BCUT2D eigenvalue weighted by Crippen LogP contribution is 2.09. The highest BCUT2D eigenvalue weighted by molar-refractivity contribution is 5.88. The van der Waals surface area contributed by atoms with Gasteiger partial charge in [-0.25, -0.2) is 9.48 Å². The van der Waals surface area contributed by atoms with Crippen molar-refractivity contribution in [2.75, 3.05) is 0 Å². The quantitative estimate of drug-likeness (QED) is 0.681. The van der Waals surface area contributed by atoms with E-state index in [0.29, 0.717) is 11.5 Å². The van der Waals surface area contributed by atoms with Gasteiger partial charge in [0.05, 0.1) is 17.4 Å². The van der Waals surface area contributed by atoms with Crippen LogP contribution in [0.25, 0.3) is 5.69 Å². The lowest BCUT2D eigenvalue weighted by molar-refractivity contribution is 0.0437. The Hall–Kier alpha value is -2.96. The maximum atomic E-state index is 11.9. The molecule has 0 aliphatic rings. The molecule has 7 heteroatoms. The third-order valence-electron chi connectivity index (χ3n) is 2.73. The van der Waals surface area contributed by atoms with Gasteiger partial charge in [0.15, 0.2) is 6.61 Å². The summed E-state index contributed by atoms with van der Waals surface area (Å²) in [4.78, 5) is 11.9. The SMILES string of the molecule is Cc1nnc(COC(=O)c2cnn(-c3ccccc3)c2)o1. The van der Waals surface area contributed by atoms with Crippen molar-refractivity contribution in [3.63, 3.8) is 0 Å². The number of aryl methyl sites for hydroxylation is 1. The first-order chi connectivity index (χ1) is 10.2. The molecule has 0 spiro atoms. The van der Waals surface area contributed by atoms with Crippen molar-refractivity contribution in [2.24, 2.45) is 0 Å². The molecular weight excluding hydrogens is 272 g/mol. The number of benzene rings is 1. The summed E-state index contributed by atoms with van der Waals surface area (Å²) in [6, 6.07) is 9.49. The van der Waals surface area contributed by atoms with Gasteiger partial charge in [0.2, 0.25) is 5.89 Å². The van der Waals surface area contributed by atoms with E-state index in [1.54, 1.807) is 17.8 Å². The highest BCUT2D eigenvalue weighted by atomic mass is 16.5. The van der Waals surface area contributed by atoms with Gasteiger partial charge in [-0.3, -0.25) is 0 Å². The van der Waals surface area contributed by atoms with Gasteiger partial charge in [0, 0.05) is 13.1 Å².